The van der Waals surface area contributed by atoms with E-state index < -0.39 is 0 Å². The highest BCUT2D eigenvalue weighted by Gasteiger charge is 2.14. The molecule has 0 unspecified atom stereocenters. The predicted molar refractivity (Wildman–Crippen MR) is 102 cm³/mol. The lowest BCUT2D eigenvalue weighted by molar-refractivity contribution is 0.426. The molecule has 2 aromatic carbocycles. The third kappa shape index (κ3) is 3.34. The van der Waals surface area contributed by atoms with Crippen LogP contribution in [0.4, 0.5) is 0 Å². The van der Waals surface area contributed by atoms with Gasteiger partial charge < -0.3 is 10.4 Å². The van der Waals surface area contributed by atoms with Crippen LogP contribution in [0.3, 0.4) is 0 Å². The summed E-state index contributed by atoms with van der Waals surface area (Å²) in [4.78, 5) is 0. The summed E-state index contributed by atoms with van der Waals surface area (Å²) in [7, 11) is 0. The first-order valence-electron chi connectivity index (χ1n) is 8.12. The molecule has 0 aliphatic heterocycles. The molecule has 0 aliphatic rings. The largest absolute Gasteiger partial charge is 0.356 e. The van der Waals surface area contributed by atoms with Crippen molar-refractivity contribution < 1.29 is 4.52 Å². The Hall–Kier alpha value is -3.06. The van der Waals surface area contributed by atoms with E-state index in [2.05, 4.69) is 15.4 Å². The molecule has 0 fully saturated rings. The predicted octanol–water partition coefficient (Wildman–Crippen LogP) is 3.91. The van der Waals surface area contributed by atoms with Crippen molar-refractivity contribution in [3.63, 3.8) is 0 Å². The number of hydrogen-bond acceptors (Lipinski definition) is 6. The van der Waals surface area contributed by atoms with Gasteiger partial charge >= 0.3 is 0 Å². The molecule has 4 aromatic rings. The number of hydrogen-bond donors (Lipinski definition) is 1. The van der Waals surface area contributed by atoms with Crippen LogP contribution in [-0.4, -0.2) is 20.0 Å². The maximum absolute atomic E-state index is 6.16. The van der Waals surface area contributed by atoms with Gasteiger partial charge in [0.1, 0.15) is 0 Å². The molecule has 4 rings (SSSR count). The molecule has 2 aromatic heterocycles. The fraction of sp³-hybridized carbons (Fsp3) is 0.105. The van der Waals surface area contributed by atoms with Crippen LogP contribution >= 0.6 is 11.8 Å². The number of nitrogen functional groups attached to an aromatic ring is 1. The van der Waals surface area contributed by atoms with Gasteiger partial charge in [0.15, 0.2) is 11.6 Å². The van der Waals surface area contributed by atoms with Gasteiger partial charge in [0, 0.05) is 22.9 Å². The summed E-state index contributed by atoms with van der Waals surface area (Å²) >= 11 is 1.47. The van der Waals surface area contributed by atoms with E-state index in [9.17, 15) is 0 Å². The molecule has 0 amide bonds. The van der Waals surface area contributed by atoms with Gasteiger partial charge in [-0.3, -0.25) is 0 Å². The van der Waals surface area contributed by atoms with Gasteiger partial charge in [0.25, 0.3) is 0 Å². The standard InChI is InChI=1S/C19H17N5OS/c1-13-7-9-15(10-8-13)18-21-22-19(24(18)20)26-12-16-11-17(25-23-16)14-5-3-2-4-6-14/h2-11H,12,20H2,1H3. The Bertz CT molecular complexity index is 1010. The van der Waals surface area contributed by atoms with Crippen LogP contribution in [-0.2, 0) is 5.75 Å². The van der Waals surface area contributed by atoms with Gasteiger partial charge in [-0.25, -0.2) is 4.68 Å². The molecule has 26 heavy (non-hydrogen) atoms. The molecule has 130 valence electrons. The normalized spacial score (nSPS) is 11.0. The Morgan fingerprint density at radius 3 is 2.54 bits per heavy atom. The molecule has 7 heteroatoms. The second-order valence-electron chi connectivity index (χ2n) is 5.88. The van der Waals surface area contributed by atoms with Crippen LogP contribution in [0.1, 0.15) is 11.3 Å². The summed E-state index contributed by atoms with van der Waals surface area (Å²) in [6.45, 7) is 2.04. The van der Waals surface area contributed by atoms with Crippen molar-refractivity contribution in [1.82, 2.24) is 20.0 Å². The molecule has 0 aliphatic carbocycles. The van der Waals surface area contributed by atoms with E-state index in [1.54, 1.807) is 0 Å². The second-order valence-corrected chi connectivity index (χ2v) is 6.82. The second kappa shape index (κ2) is 7.05. The minimum Gasteiger partial charge on any atom is -0.356 e. The van der Waals surface area contributed by atoms with Gasteiger partial charge in [-0.15, -0.1) is 10.2 Å². The highest BCUT2D eigenvalue weighted by atomic mass is 32.2. The Balaban J connectivity index is 1.47. The molecular weight excluding hydrogens is 346 g/mol. The van der Waals surface area contributed by atoms with Gasteiger partial charge in [-0.2, -0.15) is 0 Å². The lowest BCUT2D eigenvalue weighted by atomic mass is 10.1. The number of rotatable bonds is 5. The number of aromatic nitrogens is 4. The molecule has 0 bridgehead atoms. The van der Waals surface area contributed by atoms with Crippen molar-refractivity contribution >= 4 is 11.8 Å². The average molecular weight is 363 g/mol. The number of benzene rings is 2. The maximum Gasteiger partial charge on any atom is 0.210 e. The van der Waals surface area contributed by atoms with Crippen LogP contribution in [0, 0.1) is 6.92 Å². The monoisotopic (exact) mass is 363 g/mol. The molecule has 0 atom stereocenters. The molecular formula is C19H17N5OS. The van der Waals surface area contributed by atoms with Crippen molar-refractivity contribution in [2.45, 2.75) is 17.8 Å². The Kier molecular flexibility index (Phi) is 4.45. The first-order valence-corrected chi connectivity index (χ1v) is 9.10. The fourth-order valence-corrected chi connectivity index (χ4v) is 3.27. The van der Waals surface area contributed by atoms with E-state index in [4.69, 9.17) is 10.4 Å². The van der Waals surface area contributed by atoms with E-state index in [0.717, 1.165) is 22.6 Å². The summed E-state index contributed by atoms with van der Waals surface area (Å²) in [6, 6.07) is 19.8. The molecule has 6 nitrogen and oxygen atoms in total. The summed E-state index contributed by atoms with van der Waals surface area (Å²) in [5.74, 6) is 8.14. The summed E-state index contributed by atoms with van der Waals surface area (Å²) in [5.41, 5.74) is 3.95. The zero-order valence-corrected chi connectivity index (χ0v) is 15.0. The number of nitrogens with two attached hydrogens (primary N) is 1. The molecule has 2 N–H and O–H groups in total. The first kappa shape index (κ1) is 16.4. The highest BCUT2D eigenvalue weighted by Crippen LogP contribution is 2.26. The first-order chi connectivity index (χ1) is 12.7. The average Bonchev–Trinajstić information content (AvgIpc) is 3.29. The van der Waals surface area contributed by atoms with Crippen molar-refractivity contribution in [3.8, 4) is 22.7 Å². The summed E-state index contributed by atoms with van der Waals surface area (Å²) in [6.07, 6.45) is 0. The van der Waals surface area contributed by atoms with Gasteiger partial charge in [-0.1, -0.05) is 77.1 Å². The van der Waals surface area contributed by atoms with Crippen LogP contribution in [0.5, 0.6) is 0 Å². The van der Waals surface area contributed by atoms with Crippen LogP contribution in [0.15, 0.2) is 70.3 Å². The zero-order valence-electron chi connectivity index (χ0n) is 14.2. The minimum absolute atomic E-state index is 0.597. The Morgan fingerprint density at radius 1 is 1.00 bits per heavy atom. The maximum atomic E-state index is 6.16. The summed E-state index contributed by atoms with van der Waals surface area (Å²) < 4.78 is 6.93. The number of aryl methyl sites for hydroxylation is 1. The lowest BCUT2D eigenvalue weighted by Crippen LogP contribution is -2.11. The van der Waals surface area contributed by atoms with Crippen LogP contribution in [0.25, 0.3) is 22.7 Å². The third-order valence-electron chi connectivity index (χ3n) is 3.94. The van der Waals surface area contributed by atoms with E-state index in [0.29, 0.717) is 16.7 Å². The zero-order chi connectivity index (χ0) is 17.9. The van der Waals surface area contributed by atoms with Crippen molar-refractivity contribution in [3.05, 3.63) is 71.9 Å². The number of thioether (sulfide) groups is 1. The van der Waals surface area contributed by atoms with Crippen LogP contribution < -0.4 is 5.84 Å². The van der Waals surface area contributed by atoms with E-state index >= 15 is 0 Å². The quantitative estimate of drug-likeness (QED) is 0.427. The van der Waals surface area contributed by atoms with Gasteiger partial charge in [0.05, 0.1) is 5.69 Å². The molecule has 0 radical (unpaired) electrons. The SMILES string of the molecule is Cc1ccc(-c2nnc(SCc3cc(-c4ccccc4)on3)n2N)cc1. The topological polar surface area (TPSA) is 82.8 Å². The fourth-order valence-electron chi connectivity index (χ4n) is 2.53. The molecule has 2 heterocycles. The van der Waals surface area contributed by atoms with Crippen LogP contribution in [0.2, 0.25) is 0 Å². The molecule has 0 saturated carbocycles. The van der Waals surface area contributed by atoms with E-state index in [1.165, 1.54) is 22.0 Å². The smallest absolute Gasteiger partial charge is 0.210 e. The lowest BCUT2D eigenvalue weighted by Gasteiger charge is -2.03. The highest BCUT2D eigenvalue weighted by molar-refractivity contribution is 7.98. The van der Waals surface area contributed by atoms with Crippen molar-refractivity contribution in [2.75, 3.05) is 5.84 Å². The van der Waals surface area contributed by atoms with E-state index in [-0.39, 0.29) is 0 Å². The van der Waals surface area contributed by atoms with Gasteiger partial charge in [-0.05, 0) is 6.92 Å². The Morgan fingerprint density at radius 2 is 1.77 bits per heavy atom. The van der Waals surface area contributed by atoms with Gasteiger partial charge in [0.2, 0.25) is 5.16 Å². The third-order valence-corrected chi connectivity index (χ3v) is 4.92. The number of nitrogens with zero attached hydrogens (tertiary/aromatic N) is 4. The summed E-state index contributed by atoms with van der Waals surface area (Å²) in [5, 5.41) is 13.1. The van der Waals surface area contributed by atoms with Crippen molar-refractivity contribution in [1.29, 1.82) is 0 Å². The van der Waals surface area contributed by atoms with E-state index in [1.807, 2.05) is 67.6 Å². The Labute approximate surface area is 155 Å². The molecule has 0 saturated heterocycles. The van der Waals surface area contributed by atoms with Crippen molar-refractivity contribution in [2.24, 2.45) is 0 Å². The molecule has 0 spiro atoms. The minimum atomic E-state index is 0.597.